The molecule has 10 heteroatoms. The lowest BCUT2D eigenvalue weighted by atomic mass is 9.92. The topological polar surface area (TPSA) is 149 Å². The molecular formula is C26H33N7O3. The van der Waals surface area contributed by atoms with Gasteiger partial charge in [-0.1, -0.05) is 12.1 Å². The van der Waals surface area contributed by atoms with Crippen LogP contribution in [0.3, 0.4) is 0 Å². The molecule has 36 heavy (non-hydrogen) atoms. The highest BCUT2D eigenvalue weighted by Crippen LogP contribution is 2.45. The van der Waals surface area contributed by atoms with Crippen molar-refractivity contribution in [2.45, 2.75) is 50.7 Å². The number of aromatic nitrogens is 1. The maximum atomic E-state index is 12.3. The number of benzene rings is 2. The smallest absolute Gasteiger partial charge is 0.429 e. The average Bonchev–Trinajstić information content (AvgIpc) is 3.11. The normalized spacial score (nSPS) is 15.7. The number of anilines is 2. The molecule has 2 aromatic carbocycles. The Labute approximate surface area is 210 Å². The fourth-order valence-corrected chi connectivity index (χ4v) is 4.63. The minimum absolute atomic E-state index is 0.0279. The predicted molar refractivity (Wildman–Crippen MR) is 141 cm³/mol. The van der Waals surface area contributed by atoms with E-state index in [4.69, 9.17) is 32.3 Å². The second-order valence-corrected chi connectivity index (χ2v) is 9.46. The molecule has 2 aliphatic carbocycles. The van der Waals surface area contributed by atoms with E-state index in [1.807, 2.05) is 42.5 Å². The van der Waals surface area contributed by atoms with Crippen LogP contribution in [-0.2, 0) is 4.74 Å². The number of hydrogen-bond acceptors (Lipinski definition) is 7. The van der Waals surface area contributed by atoms with Crippen molar-refractivity contribution in [3.8, 4) is 17.0 Å². The van der Waals surface area contributed by atoms with E-state index in [-0.39, 0.29) is 6.10 Å². The number of hydrogen-bond donors (Lipinski definition) is 4. The summed E-state index contributed by atoms with van der Waals surface area (Å²) in [7, 11) is 0. The molecule has 190 valence electrons. The van der Waals surface area contributed by atoms with E-state index in [1.165, 1.54) is 11.4 Å². The van der Waals surface area contributed by atoms with Gasteiger partial charge in [-0.15, -0.1) is 0 Å². The highest BCUT2D eigenvalue weighted by molar-refractivity contribution is 6.02. The number of rotatable bonds is 9. The lowest BCUT2D eigenvalue weighted by Gasteiger charge is -2.30. The van der Waals surface area contributed by atoms with Crippen LogP contribution in [0.25, 0.3) is 22.2 Å². The van der Waals surface area contributed by atoms with Crippen LogP contribution < -0.4 is 27.2 Å². The van der Waals surface area contributed by atoms with E-state index < -0.39 is 6.09 Å². The zero-order valence-electron chi connectivity index (χ0n) is 20.2. The van der Waals surface area contributed by atoms with Gasteiger partial charge < -0.3 is 19.8 Å². The molecule has 10 nitrogen and oxygen atoms in total. The fraction of sp³-hybridized carbons (Fsp3) is 0.385. The van der Waals surface area contributed by atoms with E-state index >= 15 is 0 Å². The first-order valence-corrected chi connectivity index (χ1v) is 12.4. The summed E-state index contributed by atoms with van der Waals surface area (Å²) in [5.74, 6) is 12.3. The second-order valence-electron chi connectivity index (χ2n) is 9.46. The van der Waals surface area contributed by atoms with Crippen LogP contribution in [0.15, 0.2) is 42.5 Å². The number of hydrazine groups is 2. The molecule has 1 heterocycles. The first-order chi connectivity index (χ1) is 17.5. The van der Waals surface area contributed by atoms with Gasteiger partial charge in [0.05, 0.1) is 35.5 Å². The molecule has 7 N–H and O–H groups in total. The average molecular weight is 492 g/mol. The van der Waals surface area contributed by atoms with Gasteiger partial charge in [0.1, 0.15) is 18.5 Å². The molecule has 3 aromatic rings. The number of fused-ring (bicyclic) bond motifs is 1. The van der Waals surface area contributed by atoms with Crippen LogP contribution in [0, 0.1) is 5.41 Å². The Balaban J connectivity index is 1.42. The molecular weight excluding hydrogens is 458 g/mol. The second kappa shape index (κ2) is 10.1. The Morgan fingerprint density at radius 1 is 1.08 bits per heavy atom. The lowest BCUT2D eigenvalue weighted by molar-refractivity contribution is 0.0573. The molecule has 0 spiro atoms. The predicted octanol–water partition coefficient (Wildman–Crippen LogP) is 4.15. The molecule has 1 amide bonds. The van der Waals surface area contributed by atoms with Gasteiger partial charge in [-0.3, -0.25) is 10.4 Å². The summed E-state index contributed by atoms with van der Waals surface area (Å²) in [6.45, 7) is 0.762. The summed E-state index contributed by atoms with van der Waals surface area (Å²) in [5.41, 5.74) is 10.9. The van der Waals surface area contributed by atoms with Crippen LogP contribution in [0.5, 0.6) is 5.75 Å². The first kappa shape index (κ1) is 24.0. The van der Waals surface area contributed by atoms with Crippen molar-refractivity contribution in [3.63, 3.8) is 0 Å². The summed E-state index contributed by atoms with van der Waals surface area (Å²) < 4.78 is 13.6. The minimum Gasteiger partial charge on any atom is -0.492 e. The number of nitrogen functional groups attached to an aromatic ring is 1. The molecule has 0 saturated heterocycles. The summed E-state index contributed by atoms with van der Waals surface area (Å²) in [6, 6.07) is 13.8. The van der Waals surface area contributed by atoms with Crippen LogP contribution >= 0.6 is 0 Å². The van der Waals surface area contributed by atoms with Crippen molar-refractivity contribution in [1.29, 1.82) is 5.41 Å². The van der Waals surface area contributed by atoms with E-state index in [2.05, 4.69) is 4.57 Å². The highest BCUT2D eigenvalue weighted by atomic mass is 16.6. The first-order valence-electron chi connectivity index (χ1n) is 12.4. The van der Waals surface area contributed by atoms with Crippen molar-refractivity contribution >= 4 is 34.7 Å². The van der Waals surface area contributed by atoms with Gasteiger partial charge in [-0.05, 0) is 68.9 Å². The summed E-state index contributed by atoms with van der Waals surface area (Å²) in [6.07, 6.45) is 6.76. The number of amides is 1. The summed E-state index contributed by atoms with van der Waals surface area (Å²) in [5, 5.41) is 10.4. The SMILES string of the molecule is N=CN(N)CCOc1ccc2c(c1)c(N)c(-c1ccc(N(N)C(=O)OC3CCC3)cc1)n2C1CCC1. The molecule has 0 aliphatic heterocycles. The number of nitrogens with zero attached hydrogens (tertiary/aromatic N) is 3. The third-order valence-corrected chi connectivity index (χ3v) is 7.17. The van der Waals surface area contributed by atoms with Crippen LogP contribution in [0.2, 0.25) is 0 Å². The Kier molecular flexibility index (Phi) is 6.71. The van der Waals surface area contributed by atoms with Crippen molar-refractivity contribution in [2.24, 2.45) is 11.7 Å². The van der Waals surface area contributed by atoms with Crippen LogP contribution in [0.1, 0.15) is 44.6 Å². The van der Waals surface area contributed by atoms with Gasteiger partial charge in [0.25, 0.3) is 0 Å². The van der Waals surface area contributed by atoms with Gasteiger partial charge in [-0.25, -0.2) is 21.5 Å². The van der Waals surface area contributed by atoms with Gasteiger partial charge >= 0.3 is 6.09 Å². The van der Waals surface area contributed by atoms with E-state index in [0.717, 1.165) is 65.6 Å². The number of ether oxygens (including phenoxy) is 2. The molecule has 0 atom stereocenters. The van der Waals surface area contributed by atoms with Gasteiger partial charge in [-0.2, -0.15) is 0 Å². The minimum atomic E-state index is -0.540. The Morgan fingerprint density at radius 2 is 1.81 bits per heavy atom. The highest BCUT2D eigenvalue weighted by Gasteiger charge is 2.28. The Hall–Kier alpha value is -3.76. The van der Waals surface area contributed by atoms with Crippen molar-refractivity contribution in [3.05, 3.63) is 42.5 Å². The molecule has 5 rings (SSSR count). The molecule has 0 unspecified atom stereocenters. The quantitative estimate of drug-likeness (QED) is 0.115. The van der Waals surface area contributed by atoms with Crippen molar-refractivity contribution in [1.82, 2.24) is 9.58 Å². The lowest BCUT2D eigenvalue weighted by Crippen LogP contribution is -2.41. The maximum absolute atomic E-state index is 12.3. The Bertz CT molecular complexity index is 1250. The number of nitrogens with one attached hydrogen (secondary N) is 1. The third-order valence-electron chi connectivity index (χ3n) is 7.17. The summed E-state index contributed by atoms with van der Waals surface area (Å²) >= 11 is 0. The fourth-order valence-electron chi connectivity index (χ4n) is 4.63. The number of carbonyl (C=O) groups excluding carboxylic acids is 1. The zero-order valence-corrected chi connectivity index (χ0v) is 20.2. The Morgan fingerprint density at radius 3 is 2.42 bits per heavy atom. The molecule has 1 aromatic heterocycles. The van der Waals surface area contributed by atoms with E-state index in [0.29, 0.717) is 36.3 Å². The zero-order chi connectivity index (χ0) is 25.2. The monoisotopic (exact) mass is 491 g/mol. The molecule has 0 bridgehead atoms. The third kappa shape index (κ3) is 4.57. The van der Waals surface area contributed by atoms with Gasteiger partial charge in [0.2, 0.25) is 0 Å². The van der Waals surface area contributed by atoms with Crippen molar-refractivity contribution < 1.29 is 14.3 Å². The largest absolute Gasteiger partial charge is 0.492 e. The standard InChI is InChI=1S/C26H33N7O3/c27-16-31(29)13-14-35-21-11-12-23-22(15-21)24(28)25(32(23)18-3-1-4-18)17-7-9-19(10-8-17)33(30)26(34)36-20-5-2-6-20/h7-12,15-16,18,20,27H,1-6,13-14,28-30H2. The molecule has 2 fully saturated rings. The molecule has 2 aliphatic rings. The van der Waals surface area contributed by atoms with Crippen molar-refractivity contribution in [2.75, 3.05) is 23.9 Å². The van der Waals surface area contributed by atoms with Crippen LogP contribution in [-0.4, -0.2) is 41.3 Å². The van der Waals surface area contributed by atoms with Crippen LogP contribution in [0.4, 0.5) is 16.2 Å². The summed E-state index contributed by atoms with van der Waals surface area (Å²) in [4.78, 5) is 12.3. The number of carbonyl (C=O) groups is 1. The maximum Gasteiger partial charge on any atom is 0.429 e. The van der Waals surface area contributed by atoms with Gasteiger partial charge in [0, 0.05) is 17.0 Å². The van der Waals surface area contributed by atoms with Gasteiger partial charge in [0.15, 0.2) is 0 Å². The molecule has 2 saturated carbocycles. The van der Waals surface area contributed by atoms with E-state index in [9.17, 15) is 4.79 Å². The van der Waals surface area contributed by atoms with E-state index in [1.54, 1.807) is 0 Å². The molecule has 0 radical (unpaired) electrons. The number of nitrogens with two attached hydrogens (primary N) is 3.